The number of aryl methyl sites for hydroxylation is 4. The summed E-state index contributed by atoms with van der Waals surface area (Å²) in [6.45, 7) is 10.0. The molecule has 0 fully saturated rings. The highest BCUT2D eigenvalue weighted by Gasteiger charge is 2.37. The number of aromatic nitrogens is 4. The van der Waals surface area contributed by atoms with Gasteiger partial charge in [0.15, 0.2) is 11.6 Å². The smallest absolute Gasteiger partial charge is 0.328 e. The van der Waals surface area contributed by atoms with Crippen molar-refractivity contribution in [2.75, 3.05) is 26.7 Å². The summed E-state index contributed by atoms with van der Waals surface area (Å²) in [7, 11) is -4.07. The van der Waals surface area contributed by atoms with Gasteiger partial charge < -0.3 is 26.0 Å². The van der Waals surface area contributed by atoms with E-state index in [-0.39, 0.29) is 64.9 Å². The van der Waals surface area contributed by atoms with Crippen LogP contribution in [0.2, 0.25) is 0 Å². The van der Waals surface area contributed by atoms with E-state index < -0.39 is 85.1 Å². The van der Waals surface area contributed by atoms with Crippen molar-refractivity contribution < 1.29 is 58.7 Å². The number of sulfone groups is 1. The first-order valence-electron chi connectivity index (χ1n) is 25.0. The number of carbonyl (C=O) groups is 4. The van der Waals surface area contributed by atoms with E-state index in [0.29, 0.717) is 49.7 Å². The van der Waals surface area contributed by atoms with Crippen molar-refractivity contribution in [3.63, 3.8) is 0 Å². The van der Waals surface area contributed by atoms with Crippen molar-refractivity contribution >= 4 is 68.1 Å². The highest BCUT2D eigenvalue weighted by atomic mass is 32.2. The average Bonchev–Trinajstić information content (AvgIpc) is 3.22. The zero-order valence-electron chi connectivity index (χ0n) is 44.6. The van der Waals surface area contributed by atoms with Gasteiger partial charge in [0.05, 0.1) is 30.6 Å². The Balaban J connectivity index is 0.000000198. The van der Waals surface area contributed by atoms with Gasteiger partial charge in [0.25, 0.3) is 11.8 Å². The fraction of sp³-hybridized carbons (Fsp3) is 0.172. The van der Waals surface area contributed by atoms with Crippen molar-refractivity contribution in [2.24, 2.45) is 0 Å². The van der Waals surface area contributed by atoms with E-state index in [1.807, 2.05) is 6.92 Å². The zero-order chi connectivity index (χ0) is 59.1. The van der Waals surface area contributed by atoms with E-state index in [4.69, 9.17) is 4.74 Å². The van der Waals surface area contributed by atoms with Gasteiger partial charge in [0, 0.05) is 51.0 Å². The SMILES string of the molecule is Cc1ccc(C(=O)Nc2ccc(C)c(-c3nc(OC(C)C)nc4c3CNC(=O)N4c3c(F)cccc3F)c2)cc1F.Cc1ccc(C(=O)Nc2ccc(C)c(-c3nc(S(C)(=O)=O)nc4c3CNC(=O)N4c3c(F)cccc3F)c2)cc1F. The molecule has 0 aliphatic carbocycles. The van der Waals surface area contributed by atoms with Gasteiger partial charge in [-0.25, -0.2) is 59.1 Å². The van der Waals surface area contributed by atoms with E-state index in [2.05, 4.69) is 41.2 Å². The molecule has 82 heavy (non-hydrogen) atoms. The normalized spacial score (nSPS) is 12.9. The minimum absolute atomic E-state index is 0.0311. The number of rotatable bonds is 11. The third-order valence-electron chi connectivity index (χ3n) is 13.0. The number of benzene rings is 6. The number of ether oxygens (including phenoxy) is 1. The summed E-state index contributed by atoms with van der Waals surface area (Å²) in [5.41, 5.74) is 3.60. The van der Waals surface area contributed by atoms with E-state index in [1.165, 1.54) is 36.4 Å². The highest BCUT2D eigenvalue weighted by Crippen LogP contribution is 2.42. The molecular weight excluding hydrogens is 1090 g/mol. The van der Waals surface area contributed by atoms with Crippen LogP contribution in [0.25, 0.3) is 22.5 Å². The second kappa shape index (κ2) is 22.8. The molecule has 0 radical (unpaired) electrons. The van der Waals surface area contributed by atoms with Crippen LogP contribution in [0.1, 0.15) is 67.9 Å². The molecule has 4 heterocycles. The summed E-state index contributed by atoms with van der Waals surface area (Å²) in [5.74, 6) is -6.53. The molecule has 4 N–H and O–H groups in total. The summed E-state index contributed by atoms with van der Waals surface area (Å²) in [4.78, 5) is 70.3. The Morgan fingerprint density at radius 2 is 0.951 bits per heavy atom. The minimum atomic E-state index is -4.07. The number of amides is 6. The zero-order valence-corrected chi connectivity index (χ0v) is 45.4. The topological polar surface area (TPSA) is 218 Å². The quantitative estimate of drug-likeness (QED) is 0.0705. The van der Waals surface area contributed by atoms with Crippen LogP contribution in [0, 0.1) is 62.6 Å². The molecule has 2 aliphatic rings. The molecule has 2 aliphatic heterocycles. The Morgan fingerprint density at radius 1 is 0.549 bits per heavy atom. The van der Waals surface area contributed by atoms with E-state index in [0.717, 1.165) is 59.2 Å². The van der Waals surface area contributed by atoms with Gasteiger partial charge in [-0.1, -0.05) is 36.4 Å². The van der Waals surface area contributed by atoms with Crippen molar-refractivity contribution in [1.29, 1.82) is 0 Å². The second-order valence-electron chi connectivity index (χ2n) is 19.3. The molecule has 10 rings (SSSR count). The summed E-state index contributed by atoms with van der Waals surface area (Å²) >= 11 is 0. The lowest BCUT2D eigenvalue weighted by atomic mass is 9.99. The lowest BCUT2D eigenvalue weighted by molar-refractivity contribution is 0.101. The summed E-state index contributed by atoms with van der Waals surface area (Å²) in [6.07, 6.45) is 0.512. The molecular formula is C58H48F6N10O7S. The first kappa shape index (κ1) is 57.0. The molecule has 8 aromatic rings. The van der Waals surface area contributed by atoms with Crippen LogP contribution >= 0.6 is 0 Å². The number of nitrogens with one attached hydrogen (secondary N) is 4. The molecule has 0 atom stereocenters. The van der Waals surface area contributed by atoms with Gasteiger partial charge in [-0.15, -0.1) is 0 Å². The maximum absolute atomic E-state index is 14.9. The van der Waals surface area contributed by atoms with Crippen LogP contribution in [0.5, 0.6) is 6.01 Å². The number of anilines is 6. The van der Waals surface area contributed by atoms with E-state index in [9.17, 15) is 53.9 Å². The Kier molecular flexibility index (Phi) is 15.8. The van der Waals surface area contributed by atoms with Gasteiger partial charge in [-0.2, -0.15) is 15.0 Å². The number of nitrogens with zero attached hydrogens (tertiary/aromatic N) is 6. The van der Waals surface area contributed by atoms with Crippen molar-refractivity contribution in [2.45, 2.75) is 65.9 Å². The number of halogens is 6. The van der Waals surface area contributed by atoms with Crippen LogP contribution in [0.15, 0.2) is 114 Å². The van der Waals surface area contributed by atoms with Gasteiger partial charge in [0.1, 0.15) is 46.3 Å². The lowest BCUT2D eigenvalue weighted by Gasteiger charge is -2.31. The standard InChI is InChI=1S/C30H26F3N5O3.C28H22F3N5O4S/c1-15(2)41-29-36-25(21-14-34-30(40)38(27(21)37-29)26-22(31)6-5-7-23(26)32)20-13-19(11-9-16(20)3)35-28(39)18-10-8-17(4)24(33)12-18;1-14-8-10-17(33-26(37)16-9-7-15(2)22(31)11-16)12-18(14)23-19-13-32-28(38)36(24-20(29)5-4-6-21(24)30)25(19)35-27(34-23)41(3,39)40/h5-13,15H,14H2,1-4H3,(H,34,40)(H,35,39);4-12H,13H2,1-3H3,(H,32,38)(H,33,37). The van der Waals surface area contributed by atoms with Crippen molar-refractivity contribution in [1.82, 2.24) is 30.6 Å². The predicted octanol–water partition coefficient (Wildman–Crippen LogP) is 11.8. The molecule has 0 unspecified atom stereocenters. The van der Waals surface area contributed by atoms with Crippen molar-refractivity contribution in [3.05, 3.63) is 189 Å². The molecule has 0 spiro atoms. The van der Waals surface area contributed by atoms with Gasteiger partial charge in [-0.05, 0) is 137 Å². The second-order valence-corrected chi connectivity index (χ2v) is 21.2. The van der Waals surface area contributed by atoms with Crippen LogP contribution in [0.4, 0.5) is 70.3 Å². The monoisotopic (exact) mass is 1140 g/mol. The molecule has 6 amide bonds. The molecule has 24 heteroatoms. The average molecular weight is 1140 g/mol. The Bertz CT molecular complexity index is 4030. The molecule has 17 nitrogen and oxygen atoms in total. The molecule has 0 saturated heterocycles. The number of carbonyl (C=O) groups excluding carboxylic acids is 4. The molecule has 0 bridgehead atoms. The number of hydrogen-bond donors (Lipinski definition) is 4. The van der Waals surface area contributed by atoms with Gasteiger partial charge in [-0.3, -0.25) is 9.59 Å². The largest absolute Gasteiger partial charge is 0.461 e. The van der Waals surface area contributed by atoms with Gasteiger partial charge in [0.2, 0.25) is 15.0 Å². The minimum Gasteiger partial charge on any atom is -0.461 e. The number of urea groups is 2. The fourth-order valence-corrected chi connectivity index (χ4v) is 9.27. The molecule has 0 saturated carbocycles. The number of hydrogen-bond acceptors (Lipinski definition) is 11. The summed E-state index contributed by atoms with van der Waals surface area (Å²) < 4.78 is 118. The third kappa shape index (κ3) is 11.6. The fourth-order valence-electron chi connectivity index (χ4n) is 8.76. The van der Waals surface area contributed by atoms with Gasteiger partial charge >= 0.3 is 18.1 Å². The molecule has 2 aromatic heterocycles. The first-order chi connectivity index (χ1) is 38.9. The van der Waals surface area contributed by atoms with Crippen molar-refractivity contribution in [3.8, 4) is 28.5 Å². The molecule has 420 valence electrons. The summed E-state index contributed by atoms with van der Waals surface area (Å²) in [5, 5.41) is 9.93. The maximum atomic E-state index is 14.9. The van der Waals surface area contributed by atoms with E-state index in [1.54, 1.807) is 65.0 Å². The Labute approximate surface area is 465 Å². The third-order valence-corrected chi connectivity index (χ3v) is 13.8. The van der Waals surface area contributed by atoms with E-state index >= 15 is 0 Å². The van der Waals surface area contributed by atoms with Crippen LogP contribution in [-0.2, 0) is 22.9 Å². The summed E-state index contributed by atoms with van der Waals surface area (Å²) in [6, 6.07) is 22.7. The number of para-hydroxylation sites is 2. The lowest BCUT2D eigenvalue weighted by Crippen LogP contribution is -2.43. The predicted molar refractivity (Wildman–Crippen MR) is 293 cm³/mol. The van der Waals surface area contributed by atoms with Crippen LogP contribution in [-0.4, -0.2) is 64.6 Å². The maximum Gasteiger partial charge on any atom is 0.328 e. The highest BCUT2D eigenvalue weighted by molar-refractivity contribution is 7.90. The molecule has 6 aromatic carbocycles. The first-order valence-corrected chi connectivity index (χ1v) is 26.9. The number of fused-ring (bicyclic) bond motifs is 2. The Morgan fingerprint density at radius 3 is 1.35 bits per heavy atom. The van der Waals surface area contributed by atoms with Crippen LogP contribution < -0.4 is 35.8 Å². The van der Waals surface area contributed by atoms with Crippen LogP contribution in [0.3, 0.4) is 0 Å². The Hall–Kier alpha value is -9.71.